The first kappa shape index (κ1) is 21.7. The zero-order valence-electron chi connectivity index (χ0n) is 16.5. The second-order valence-electron chi connectivity index (χ2n) is 7.50. The molecule has 2 aromatic rings. The number of benzene rings is 2. The summed E-state index contributed by atoms with van der Waals surface area (Å²) in [6.45, 7) is 4.00. The molecule has 156 valence electrons. The summed E-state index contributed by atoms with van der Waals surface area (Å²) >= 11 is 6.43. The molecule has 0 radical (unpaired) electrons. The average Bonchev–Trinajstić information content (AvgIpc) is 2.72. The smallest absolute Gasteiger partial charge is 0.123 e. The third kappa shape index (κ3) is 4.78. The predicted octanol–water partition coefficient (Wildman–Crippen LogP) is 3.82. The molecular weight excluding hydrogens is 394 g/mol. The molecule has 0 amide bonds. The van der Waals surface area contributed by atoms with Crippen molar-refractivity contribution in [3.8, 4) is 5.75 Å². The van der Waals surface area contributed by atoms with Gasteiger partial charge in [0, 0.05) is 11.4 Å². The lowest BCUT2D eigenvalue weighted by Gasteiger charge is -2.43. The lowest BCUT2D eigenvalue weighted by molar-refractivity contribution is -0.190. The number of aliphatic hydroxyl groups excluding tert-OH is 2. The summed E-state index contributed by atoms with van der Waals surface area (Å²) in [4.78, 5) is 11.2. The fraction of sp³-hybridized carbons (Fsp3) is 0.455. The molecule has 0 bridgehead atoms. The second kappa shape index (κ2) is 9.22. The van der Waals surface area contributed by atoms with Crippen molar-refractivity contribution in [1.82, 2.24) is 0 Å². The molecule has 2 aromatic carbocycles. The van der Waals surface area contributed by atoms with Crippen molar-refractivity contribution in [2.24, 2.45) is 5.18 Å². The van der Waals surface area contributed by atoms with E-state index in [2.05, 4.69) is 5.18 Å². The van der Waals surface area contributed by atoms with E-state index in [9.17, 15) is 15.1 Å². The van der Waals surface area contributed by atoms with Crippen LogP contribution in [0.15, 0.2) is 47.6 Å². The standard InChI is InChI=1S/C22H26ClNO5/c1-3-28-17-7-4-14(5-8-17)10-15-11-16(6-9-18(15)23)22(2)12-19(24-27)21(26)20(13-25)29-22/h4-9,11,19-21,25-26H,3,10,12-13H2,1-2H3/t19-,20-,21?,22-/m1/s1. The quantitative estimate of drug-likeness (QED) is 0.666. The van der Waals surface area contributed by atoms with E-state index in [0.717, 1.165) is 22.4 Å². The van der Waals surface area contributed by atoms with Crippen LogP contribution in [0.2, 0.25) is 5.02 Å². The fourth-order valence-corrected chi connectivity index (χ4v) is 3.96. The lowest BCUT2D eigenvalue weighted by Crippen LogP contribution is -2.52. The van der Waals surface area contributed by atoms with E-state index < -0.39 is 30.5 Å². The van der Waals surface area contributed by atoms with Gasteiger partial charge in [0.1, 0.15) is 24.0 Å². The predicted molar refractivity (Wildman–Crippen MR) is 111 cm³/mol. The molecule has 6 nitrogen and oxygen atoms in total. The number of hydrogen-bond donors (Lipinski definition) is 2. The van der Waals surface area contributed by atoms with Crippen LogP contribution in [0.4, 0.5) is 0 Å². The molecular formula is C22H26ClNO5. The largest absolute Gasteiger partial charge is 0.494 e. The molecule has 1 saturated heterocycles. The van der Waals surface area contributed by atoms with Crippen molar-refractivity contribution in [2.45, 2.75) is 50.5 Å². The average molecular weight is 420 g/mol. The van der Waals surface area contributed by atoms with Gasteiger partial charge in [-0.25, -0.2) is 0 Å². The van der Waals surface area contributed by atoms with Crippen LogP contribution in [0.25, 0.3) is 0 Å². The number of nitroso groups, excluding NO2 is 1. The van der Waals surface area contributed by atoms with Crippen molar-refractivity contribution in [1.29, 1.82) is 0 Å². The van der Waals surface area contributed by atoms with Crippen LogP contribution in [-0.4, -0.2) is 41.7 Å². The molecule has 3 rings (SSSR count). The van der Waals surface area contributed by atoms with Gasteiger partial charge < -0.3 is 19.7 Å². The Labute approximate surface area is 175 Å². The number of hydrogen-bond acceptors (Lipinski definition) is 6. The third-order valence-electron chi connectivity index (χ3n) is 5.39. The van der Waals surface area contributed by atoms with E-state index in [1.54, 1.807) is 6.07 Å². The van der Waals surface area contributed by atoms with Gasteiger partial charge >= 0.3 is 0 Å². The summed E-state index contributed by atoms with van der Waals surface area (Å²) in [6.07, 6.45) is -1.16. The van der Waals surface area contributed by atoms with Crippen molar-refractivity contribution < 1.29 is 19.7 Å². The topological polar surface area (TPSA) is 88.4 Å². The molecule has 1 fully saturated rings. The zero-order chi connectivity index (χ0) is 21.0. The summed E-state index contributed by atoms with van der Waals surface area (Å²) in [5.74, 6) is 0.820. The molecule has 1 aliphatic rings. The Kier molecular flexibility index (Phi) is 6.90. The molecule has 1 unspecified atom stereocenters. The van der Waals surface area contributed by atoms with Crippen LogP contribution >= 0.6 is 11.6 Å². The van der Waals surface area contributed by atoms with Crippen LogP contribution in [0, 0.1) is 4.91 Å². The van der Waals surface area contributed by atoms with Crippen LogP contribution < -0.4 is 4.74 Å². The van der Waals surface area contributed by atoms with Crippen LogP contribution in [0.3, 0.4) is 0 Å². The molecule has 4 atom stereocenters. The highest BCUT2D eigenvalue weighted by Crippen LogP contribution is 2.40. The Balaban J connectivity index is 1.86. The van der Waals surface area contributed by atoms with Crippen molar-refractivity contribution >= 4 is 11.6 Å². The maximum atomic E-state index is 11.2. The molecule has 0 spiro atoms. The first-order valence-corrected chi connectivity index (χ1v) is 10.1. The molecule has 0 aliphatic carbocycles. The maximum absolute atomic E-state index is 11.2. The number of nitrogens with zero attached hydrogens (tertiary/aromatic N) is 1. The molecule has 1 heterocycles. The van der Waals surface area contributed by atoms with Gasteiger partial charge in [0.2, 0.25) is 0 Å². The Morgan fingerprint density at radius 3 is 2.62 bits per heavy atom. The van der Waals surface area contributed by atoms with E-state index >= 15 is 0 Å². The first-order chi connectivity index (χ1) is 13.9. The summed E-state index contributed by atoms with van der Waals surface area (Å²) in [5, 5.41) is 23.4. The maximum Gasteiger partial charge on any atom is 0.123 e. The van der Waals surface area contributed by atoms with Gasteiger partial charge in [-0.15, -0.1) is 0 Å². The molecule has 2 N–H and O–H groups in total. The summed E-state index contributed by atoms with van der Waals surface area (Å²) in [5.41, 5.74) is 1.95. The van der Waals surface area contributed by atoms with Crippen LogP contribution in [-0.2, 0) is 16.8 Å². The van der Waals surface area contributed by atoms with E-state index in [1.165, 1.54) is 0 Å². The van der Waals surface area contributed by atoms with Crippen molar-refractivity contribution in [2.75, 3.05) is 13.2 Å². The number of rotatable bonds is 7. The van der Waals surface area contributed by atoms with Crippen LogP contribution in [0.5, 0.6) is 5.75 Å². The minimum Gasteiger partial charge on any atom is -0.494 e. The monoisotopic (exact) mass is 419 g/mol. The van der Waals surface area contributed by atoms with E-state index in [1.807, 2.05) is 50.2 Å². The highest BCUT2D eigenvalue weighted by molar-refractivity contribution is 6.31. The third-order valence-corrected chi connectivity index (χ3v) is 5.75. The molecule has 0 aromatic heterocycles. The van der Waals surface area contributed by atoms with Gasteiger partial charge in [-0.3, -0.25) is 0 Å². The Morgan fingerprint density at radius 1 is 1.28 bits per heavy atom. The van der Waals surface area contributed by atoms with Gasteiger partial charge in [-0.1, -0.05) is 41.0 Å². The normalized spacial score (nSPS) is 26.9. The Bertz CT molecular complexity index is 844. The molecule has 7 heteroatoms. The van der Waals surface area contributed by atoms with E-state index in [4.69, 9.17) is 21.1 Å². The van der Waals surface area contributed by atoms with E-state index in [0.29, 0.717) is 18.1 Å². The Hall–Kier alpha value is -1.99. The van der Waals surface area contributed by atoms with Crippen molar-refractivity contribution in [3.05, 3.63) is 69.1 Å². The highest BCUT2D eigenvalue weighted by atomic mass is 35.5. The highest BCUT2D eigenvalue weighted by Gasteiger charge is 2.45. The zero-order valence-corrected chi connectivity index (χ0v) is 17.3. The second-order valence-corrected chi connectivity index (χ2v) is 7.90. The Morgan fingerprint density at radius 2 is 2.00 bits per heavy atom. The fourth-order valence-electron chi connectivity index (χ4n) is 3.78. The van der Waals surface area contributed by atoms with Crippen LogP contribution in [0.1, 0.15) is 37.0 Å². The van der Waals surface area contributed by atoms with Gasteiger partial charge in [0.25, 0.3) is 0 Å². The van der Waals surface area contributed by atoms with E-state index in [-0.39, 0.29) is 6.42 Å². The summed E-state index contributed by atoms with van der Waals surface area (Å²) in [6, 6.07) is 12.6. The van der Waals surface area contributed by atoms with Gasteiger partial charge in [0.05, 0.1) is 18.8 Å². The van der Waals surface area contributed by atoms with Gasteiger partial charge in [-0.2, -0.15) is 4.91 Å². The lowest BCUT2D eigenvalue weighted by atomic mass is 9.82. The molecule has 29 heavy (non-hydrogen) atoms. The van der Waals surface area contributed by atoms with Crippen molar-refractivity contribution in [3.63, 3.8) is 0 Å². The SMILES string of the molecule is CCOc1ccc(Cc2cc([C@@]3(C)C[C@@H](N=O)C(O)[C@@H](CO)O3)ccc2Cl)cc1. The summed E-state index contributed by atoms with van der Waals surface area (Å²) < 4.78 is 11.5. The first-order valence-electron chi connectivity index (χ1n) is 9.70. The number of ether oxygens (including phenoxy) is 2. The number of aliphatic hydroxyl groups is 2. The minimum absolute atomic E-state index is 0.221. The summed E-state index contributed by atoms with van der Waals surface area (Å²) in [7, 11) is 0. The molecule has 1 aliphatic heterocycles. The number of halogens is 1. The molecule has 0 saturated carbocycles. The minimum atomic E-state index is -1.12. The van der Waals surface area contributed by atoms with Gasteiger partial charge in [-0.05, 0) is 55.2 Å². The van der Waals surface area contributed by atoms with Gasteiger partial charge in [0.15, 0.2) is 0 Å².